The van der Waals surface area contributed by atoms with Gasteiger partial charge in [0.25, 0.3) is 11.5 Å². The number of anilines is 1. The summed E-state index contributed by atoms with van der Waals surface area (Å²) in [5, 5.41) is 4.55. The molecule has 0 aliphatic heterocycles. The van der Waals surface area contributed by atoms with Gasteiger partial charge in [-0.1, -0.05) is 48.5 Å². The molecule has 4 rings (SSSR count). The molecular formula is C24H23N3O3. The fourth-order valence-corrected chi connectivity index (χ4v) is 3.65. The second-order valence-corrected chi connectivity index (χ2v) is 6.98. The minimum absolute atomic E-state index is 0.252. The van der Waals surface area contributed by atoms with E-state index in [2.05, 4.69) is 5.32 Å². The molecule has 0 saturated carbocycles. The van der Waals surface area contributed by atoms with Gasteiger partial charge in [0, 0.05) is 7.05 Å². The third kappa shape index (κ3) is 3.26. The van der Waals surface area contributed by atoms with E-state index in [4.69, 9.17) is 4.74 Å². The summed E-state index contributed by atoms with van der Waals surface area (Å²) >= 11 is 0. The summed E-state index contributed by atoms with van der Waals surface area (Å²) in [4.78, 5) is 26.5. The molecule has 0 saturated heterocycles. The Bertz CT molecular complexity index is 1290. The maximum absolute atomic E-state index is 13.3. The maximum atomic E-state index is 13.3. The van der Waals surface area contributed by atoms with E-state index in [1.165, 1.54) is 4.68 Å². The van der Waals surface area contributed by atoms with Crippen LogP contribution >= 0.6 is 0 Å². The molecule has 0 radical (unpaired) electrons. The molecule has 0 aliphatic carbocycles. The van der Waals surface area contributed by atoms with Crippen molar-refractivity contribution in [1.29, 1.82) is 0 Å². The topological polar surface area (TPSA) is 65.3 Å². The fraction of sp³-hybridized carbons (Fsp3) is 0.167. The number of fused-ring (bicyclic) bond motifs is 1. The van der Waals surface area contributed by atoms with E-state index in [1.54, 1.807) is 17.8 Å². The molecule has 1 amide bonds. The molecule has 30 heavy (non-hydrogen) atoms. The van der Waals surface area contributed by atoms with E-state index in [1.807, 2.05) is 74.5 Å². The van der Waals surface area contributed by atoms with Gasteiger partial charge < -0.3 is 10.1 Å². The summed E-state index contributed by atoms with van der Waals surface area (Å²) in [6, 6.07) is 20.7. The number of para-hydroxylation sites is 1. The monoisotopic (exact) mass is 401 g/mol. The summed E-state index contributed by atoms with van der Waals surface area (Å²) < 4.78 is 8.99. The third-order valence-electron chi connectivity index (χ3n) is 5.21. The number of hydrogen-bond acceptors (Lipinski definition) is 3. The van der Waals surface area contributed by atoms with Gasteiger partial charge >= 0.3 is 0 Å². The molecular weight excluding hydrogens is 378 g/mol. The van der Waals surface area contributed by atoms with Gasteiger partial charge in [-0.05, 0) is 42.8 Å². The molecule has 4 aromatic rings. The highest BCUT2D eigenvalue weighted by Crippen LogP contribution is 2.29. The van der Waals surface area contributed by atoms with E-state index in [-0.39, 0.29) is 17.2 Å². The highest BCUT2D eigenvalue weighted by Gasteiger charge is 2.22. The number of aromatic nitrogens is 2. The first-order valence-electron chi connectivity index (χ1n) is 9.82. The van der Waals surface area contributed by atoms with Crippen molar-refractivity contribution in [3.8, 4) is 11.4 Å². The van der Waals surface area contributed by atoms with Crippen LogP contribution in [0.1, 0.15) is 23.0 Å². The van der Waals surface area contributed by atoms with Crippen molar-refractivity contribution in [2.75, 3.05) is 11.9 Å². The van der Waals surface area contributed by atoms with Gasteiger partial charge in [-0.25, -0.2) is 4.68 Å². The summed E-state index contributed by atoms with van der Waals surface area (Å²) in [5.74, 6) is 0.118. The van der Waals surface area contributed by atoms with Gasteiger partial charge in [0.1, 0.15) is 11.4 Å². The van der Waals surface area contributed by atoms with Crippen LogP contribution in [0.3, 0.4) is 0 Å². The van der Waals surface area contributed by atoms with Gasteiger partial charge in [0.15, 0.2) is 0 Å². The largest absolute Gasteiger partial charge is 0.493 e. The molecule has 6 nitrogen and oxygen atoms in total. The Morgan fingerprint density at radius 2 is 1.70 bits per heavy atom. The maximum Gasteiger partial charge on any atom is 0.295 e. The predicted molar refractivity (Wildman–Crippen MR) is 119 cm³/mol. The van der Waals surface area contributed by atoms with E-state index in [0.717, 1.165) is 16.5 Å². The minimum Gasteiger partial charge on any atom is -0.493 e. The molecule has 1 N–H and O–H groups in total. The lowest BCUT2D eigenvalue weighted by atomic mass is 10.0. The number of amides is 1. The van der Waals surface area contributed by atoms with Gasteiger partial charge in [-0.15, -0.1) is 0 Å². The average molecular weight is 401 g/mol. The van der Waals surface area contributed by atoms with Crippen LogP contribution in [0.5, 0.6) is 5.75 Å². The molecule has 3 aromatic carbocycles. The van der Waals surface area contributed by atoms with Crippen molar-refractivity contribution in [3.05, 3.63) is 88.3 Å². The molecule has 0 bridgehead atoms. The summed E-state index contributed by atoms with van der Waals surface area (Å²) in [5.41, 5.74) is 1.78. The van der Waals surface area contributed by atoms with Crippen molar-refractivity contribution >= 4 is 22.4 Å². The van der Waals surface area contributed by atoms with Crippen LogP contribution in [0.2, 0.25) is 0 Å². The SMILES string of the molecule is CCOc1ccc2ccccc2c1C(=O)Nc1c(C)n(C)n(-c2ccccc2)c1=O. The van der Waals surface area contributed by atoms with Crippen LogP contribution < -0.4 is 15.6 Å². The van der Waals surface area contributed by atoms with Crippen LogP contribution in [0.25, 0.3) is 16.5 Å². The number of nitrogens with one attached hydrogen (secondary N) is 1. The smallest absolute Gasteiger partial charge is 0.295 e. The Morgan fingerprint density at radius 3 is 2.43 bits per heavy atom. The van der Waals surface area contributed by atoms with Gasteiger partial charge in [-0.3, -0.25) is 14.3 Å². The molecule has 0 unspecified atom stereocenters. The van der Waals surface area contributed by atoms with E-state index >= 15 is 0 Å². The molecule has 1 aromatic heterocycles. The number of ether oxygens (including phenoxy) is 1. The Labute approximate surface area is 174 Å². The van der Waals surface area contributed by atoms with Crippen molar-refractivity contribution in [2.24, 2.45) is 7.05 Å². The predicted octanol–water partition coefficient (Wildman–Crippen LogP) is 4.29. The fourth-order valence-electron chi connectivity index (χ4n) is 3.65. The van der Waals surface area contributed by atoms with Crippen molar-refractivity contribution in [1.82, 2.24) is 9.36 Å². The Hall–Kier alpha value is -3.80. The average Bonchev–Trinajstić information content (AvgIpc) is 2.97. The number of carbonyl (C=O) groups is 1. The molecule has 0 spiro atoms. The molecule has 152 valence electrons. The first kappa shape index (κ1) is 19.5. The highest BCUT2D eigenvalue weighted by molar-refractivity contribution is 6.15. The lowest BCUT2D eigenvalue weighted by Crippen LogP contribution is -2.23. The van der Waals surface area contributed by atoms with E-state index in [9.17, 15) is 9.59 Å². The second-order valence-electron chi connectivity index (χ2n) is 6.98. The molecule has 0 aliphatic rings. The van der Waals surface area contributed by atoms with E-state index < -0.39 is 0 Å². The number of carbonyl (C=O) groups excluding carboxylic acids is 1. The molecule has 0 fully saturated rings. The van der Waals surface area contributed by atoms with E-state index in [0.29, 0.717) is 23.6 Å². The summed E-state index contributed by atoms with van der Waals surface area (Å²) in [7, 11) is 1.79. The third-order valence-corrected chi connectivity index (χ3v) is 5.21. The normalized spacial score (nSPS) is 10.9. The molecule has 6 heteroatoms. The number of rotatable bonds is 5. The lowest BCUT2D eigenvalue weighted by molar-refractivity contribution is 0.102. The number of benzene rings is 3. The van der Waals surface area contributed by atoms with Crippen LogP contribution in [-0.2, 0) is 7.05 Å². The Balaban J connectivity index is 1.81. The molecule has 1 heterocycles. The zero-order valence-corrected chi connectivity index (χ0v) is 17.2. The summed E-state index contributed by atoms with van der Waals surface area (Å²) in [6.07, 6.45) is 0. The van der Waals surface area contributed by atoms with Gasteiger partial charge in [0.2, 0.25) is 0 Å². The number of hydrogen-bond donors (Lipinski definition) is 1. The quantitative estimate of drug-likeness (QED) is 0.543. The van der Waals surface area contributed by atoms with Gasteiger partial charge in [-0.2, -0.15) is 0 Å². The zero-order chi connectivity index (χ0) is 21.3. The van der Waals surface area contributed by atoms with Crippen LogP contribution in [0.15, 0.2) is 71.5 Å². The molecule has 0 atom stereocenters. The second kappa shape index (κ2) is 7.91. The first-order valence-corrected chi connectivity index (χ1v) is 9.82. The van der Waals surface area contributed by atoms with Crippen molar-refractivity contribution in [2.45, 2.75) is 13.8 Å². The number of nitrogens with zero attached hydrogens (tertiary/aromatic N) is 2. The van der Waals surface area contributed by atoms with Crippen molar-refractivity contribution < 1.29 is 9.53 Å². The zero-order valence-electron chi connectivity index (χ0n) is 17.2. The summed E-state index contributed by atoms with van der Waals surface area (Å²) in [6.45, 7) is 4.11. The highest BCUT2D eigenvalue weighted by atomic mass is 16.5. The van der Waals surface area contributed by atoms with Crippen LogP contribution in [0.4, 0.5) is 5.69 Å². The first-order chi connectivity index (χ1) is 14.5. The van der Waals surface area contributed by atoms with Crippen molar-refractivity contribution in [3.63, 3.8) is 0 Å². The van der Waals surface area contributed by atoms with Crippen LogP contribution in [0, 0.1) is 6.92 Å². The van der Waals surface area contributed by atoms with Gasteiger partial charge in [0.05, 0.1) is 23.6 Å². The standard InChI is InChI=1S/C24H23N3O3/c1-4-30-20-15-14-17-10-8-9-13-19(17)21(20)23(28)25-22-16(2)26(3)27(24(22)29)18-11-6-5-7-12-18/h5-15H,4H2,1-3H3,(H,25,28). The Morgan fingerprint density at radius 1 is 1.00 bits per heavy atom. The van der Waals surface area contributed by atoms with Crippen LogP contribution in [-0.4, -0.2) is 21.9 Å². The lowest BCUT2D eigenvalue weighted by Gasteiger charge is -2.13. The minimum atomic E-state index is -0.374. The Kier molecular flexibility index (Phi) is 5.14.